The molecule has 0 saturated heterocycles. The topological polar surface area (TPSA) is 87.8 Å². The number of hydrogen-bond acceptors (Lipinski definition) is 4. The van der Waals surface area contributed by atoms with E-state index in [1.807, 2.05) is 6.07 Å². The summed E-state index contributed by atoms with van der Waals surface area (Å²) in [5.74, 6) is -0.360. The van der Waals surface area contributed by atoms with Gasteiger partial charge in [-0.3, -0.25) is 9.59 Å². The maximum absolute atomic E-state index is 12.1. The van der Waals surface area contributed by atoms with Crippen molar-refractivity contribution in [3.63, 3.8) is 0 Å². The lowest BCUT2D eigenvalue weighted by Crippen LogP contribution is -2.35. The SMILES string of the molecule is Cc1nn(CC(=O)NCc2ccc(Cl)cc2)c(=O)c(C#N)c1C. The Morgan fingerprint density at radius 3 is 2.61 bits per heavy atom. The Labute approximate surface area is 138 Å². The highest BCUT2D eigenvalue weighted by Gasteiger charge is 2.13. The largest absolute Gasteiger partial charge is 0.350 e. The van der Waals surface area contributed by atoms with Crippen LogP contribution in [0.15, 0.2) is 29.1 Å². The molecular weight excluding hydrogens is 316 g/mol. The van der Waals surface area contributed by atoms with Gasteiger partial charge in [0.05, 0.1) is 5.69 Å². The second-order valence-corrected chi connectivity index (χ2v) is 5.50. The van der Waals surface area contributed by atoms with Gasteiger partial charge in [0.2, 0.25) is 5.91 Å². The zero-order chi connectivity index (χ0) is 17.0. The van der Waals surface area contributed by atoms with Crippen molar-refractivity contribution in [2.45, 2.75) is 26.9 Å². The van der Waals surface area contributed by atoms with Crippen LogP contribution in [-0.4, -0.2) is 15.7 Å². The number of amides is 1. The second-order valence-electron chi connectivity index (χ2n) is 5.06. The molecule has 7 heteroatoms. The number of halogens is 1. The molecule has 0 atom stereocenters. The number of nitrogens with zero attached hydrogens (tertiary/aromatic N) is 3. The fourth-order valence-corrected chi connectivity index (χ4v) is 2.13. The summed E-state index contributed by atoms with van der Waals surface area (Å²) in [6.07, 6.45) is 0. The van der Waals surface area contributed by atoms with Crippen LogP contribution >= 0.6 is 11.6 Å². The summed E-state index contributed by atoms with van der Waals surface area (Å²) in [5.41, 5.74) is 1.43. The maximum atomic E-state index is 12.1. The molecule has 1 heterocycles. The van der Waals surface area contributed by atoms with Gasteiger partial charge in [0.1, 0.15) is 18.2 Å². The lowest BCUT2D eigenvalue weighted by Gasteiger charge is -2.09. The molecule has 23 heavy (non-hydrogen) atoms. The average molecular weight is 331 g/mol. The van der Waals surface area contributed by atoms with Gasteiger partial charge in [-0.25, -0.2) is 4.68 Å². The van der Waals surface area contributed by atoms with Crippen LogP contribution in [0.4, 0.5) is 0 Å². The van der Waals surface area contributed by atoms with E-state index in [1.54, 1.807) is 38.1 Å². The number of hydrogen-bond donors (Lipinski definition) is 1. The quantitative estimate of drug-likeness (QED) is 0.924. The van der Waals surface area contributed by atoms with Gasteiger partial charge in [0.25, 0.3) is 5.56 Å². The Hall–Kier alpha value is -2.65. The molecule has 0 unspecified atom stereocenters. The molecule has 1 aromatic carbocycles. The minimum absolute atomic E-state index is 0.0167. The van der Waals surface area contributed by atoms with Crippen molar-refractivity contribution >= 4 is 17.5 Å². The molecule has 0 fully saturated rings. The zero-order valence-corrected chi connectivity index (χ0v) is 13.5. The van der Waals surface area contributed by atoms with E-state index in [4.69, 9.17) is 16.9 Å². The number of rotatable bonds is 4. The summed E-state index contributed by atoms with van der Waals surface area (Å²) in [7, 11) is 0. The number of aryl methyl sites for hydroxylation is 1. The van der Waals surface area contributed by atoms with Gasteiger partial charge in [-0.05, 0) is 37.1 Å². The second kappa shape index (κ2) is 7.07. The van der Waals surface area contributed by atoms with E-state index < -0.39 is 5.56 Å². The van der Waals surface area contributed by atoms with Crippen LogP contribution in [0.3, 0.4) is 0 Å². The third-order valence-corrected chi connectivity index (χ3v) is 3.70. The van der Waals surface area contributed by atoms with E-state index in [2.05, 4.69) is 10.4 Å². The van der Waals surface area contributed by atoms with E-state index in [9.17, 15) is 9.59 Å². The Kier molecular flexibility index (Phi) is 5.14. The number of carbonyl (C=O) groups excluding carboxylic acids is 1. The van der Waals surface area contributed by atoms with Crippen LogP contribution in [0.2, 0.25) is 5.02 Å². The van der Waals surface area contributed by atoms with Crippen LogP contribution in [0, 0.1) is 25.2 Å². The van der Waals surface area contributed by atoms with Crippen molar-refractivity contribution in [2.75, 3.05) is 0 Å². The highest BCUT2D eigenvalue weighted by atomic mass is 35.5. The maximum Gasteiger partial charge on any atom is 0.285 e. The van der Waals surface area contributed by atoms with E-state index in [1.165, 1.54) is 0 Å². The molecule has 6 nitrogen and oxygen atoms in total. The lowest BCUT2D eigenvalue weighted by molar-refractivity contribution is -0.122. The molecule has 0 radical (unpaired) electrons. The summed E-state index contributed by atoms with van der Waals surface area (Å²) >= 11 is 5.80. The first-order valence-corrected chi connectivity index (χ1v) is 7.29. The number of nitrogens with one attached hydrogen (secondary N) is 1. The summed E-state index contributed by atoms with van der Waals surface area (Å²) in [6.45, 7) is 3.44. The normalized spacial score (nSPS) is 10.2. The van der Waals surface area contributed by atoms with E-state index in [-0.39, 0.29) is 18.0 Å². The lowest BCUT2D eigenvalue weighted by atomic mass is 10.1. The third-order valence-electron chi connectivity index (χ3n) is 3.44. The van der Waals surface area contributed by atoms with Crippen LogP contribution in [0.25, 0.3) is 0 Å². The van der Waals surface area contributed by atoms with Crippen LogP contribution in [-0.2, 0) is 17.9 Å². The van der Waals surface area contributed by atoms with Gasteiger partial charge in [-0.15, -0.1) is 0 Å². The summed E-state index contributed by atoms with van der Waals surface area (Å²) in [5, 5.41) is 16.4. The van der Waals surface area contributed by atoms with Crippen molar-refractivity contribution in [2.24, 2.45) is 0 Å². The summed E-state index contributed by atoms with van der Waals surface area (Å²) < 4.78 is 1.01. The molecule has 1 amide bonds. The Morgan fingerprint density at radius 1 is 1.35 bits per heavy atom. The molecule has 1 aromatic heterocycles. The minimum Gasteiger partial charge on any atom is -0.350 e. The number of nitriles is 1. The summed E-state index contributed by atoms with van der Waals surface area (Å²) in [6, 6.07) is 8.94. The molecule has 2 aromatic rings. The van der Waals surface area contributed by atoms with Crippen LogP contribution < -0.4 is 10.9 Å². The van der Waals surface area contributed by atoms with Crippen molar-refractivity contribution < 1.29 is 4.79 Å². The summed E-state index contributed by atoms with van der Waals surface area (Å²) in [4.78, 5) is 24.1. The average Bonchev–Trinajstić information content (AvgIpc) is 2.53. The first-order chi connectivity index (χ1) is 10.9. The molecule has 2 rings (SSSR count). The van der Waals surface area contributed by atoms with Crippen molar-refractivity contribution in [1.82, 2.24) is 15.1 Å². The number of carbonyl (C=O) groups is 1. The first-order valence-electron chi connectivity index (χ1n) is 6.92. The number of benzene rings is 1. The molecule has 0 aliphatic heterocycles. The first kappa shape index (κ1) is 16.7. The molecule has 118 valence electrons. The fraction of sp³-hybridized carbons (Fsp3) is 0.250. The fourth-order valence-electron chi connectivity index (χ4n) is 2.01. The van der Waals surface area contributed by atoms with Crippen molar-refractivity contribution in [3.8, 4) is 6.07 Å². The Morgan fingerprint density at radius 2 is 2.00 bits per heavy atom. The van der Waals surface area contributed by atoms with E-state index >= 15 is 0 Å². The van der Waals surface area contributed by atoms with Gasteiger partial charge in [-0.1, -0.05) is 23.7 Å². The van der Waals surface area contributed by atoms with Crippen molar-refractivity contribution in [3.05, 3.63) is 62.0 Å². The van der Waals surface area contributed by atoms with Gasteiger partial charge in [-0.2, -0.15) is 10.4 Å². The van der Waals surface area contributed by atoms with E-state index in [0.717, 1.165) is 10.2 Å². The molecule has 0 aliphatic rings. The molecule has 0 aliphatic carbocycles. The smallest absolute Gasteiger partial charge is 0.285 e. The van der Waals surface area contributed by atoms with E-state index in [0.29, 0.717) is 22.8 Å². The van der Waals surface area contributed by atoms with Crippen LogP contribution in [0.5, 0.6) is 0 Å². The third kappa shape index (κ3) is 3.96. The Bertz CT molecular complexity index is 835. The monoisotopic (exact) mass is 330 g/mol. The molecule has 0 saturated carbocycles. The molecular formula is C16H15ClN4O2. The van der Waals surface area contributed by atoms with Gasteiger partial charge in [0.15, 0.2) is 0 Å². The van der Waals surface area contributed by atoms with Gasteiger partial charge >= 0.3 is 0 Å². The Balaban J connectivity index is 2.09. The predicted octanol–water partition coefficient (Wildman–Crippen LogP) is 1.70. The van der Waals surface area contributed by atoms with Gasteiger partial charge < -0.3 is 5.32 Å². The minimum atomic E-state index is -0.558. The molecule has 1 N–H and O–H groups in total. The molecule has 0 bridgehead atoms. The van der Waals surface area contributed by atoms with Gasteiger partial charge in [0, 0.05) is 11.6 Å². The highest BCUT2D eigenvalue weighted by Crippen LogP contribution is 2.09. The predicted molar refractivity (Wildman–Crippen MR) is 86.0 cm³/mol. The van der Waals surface area contributed by atoms with Crippen molar-refractivity contribution in [1.29, 1.82) is 5.26 Å². The zero-order valence-electron chi connectivity index (χ0n) is 12.8. The van der Waals surface area contributed by atoms with Crippen LogP contribution in [0.1, 0.15) is 22.4 Å². The standard InChI is InChI=1S/C16H15ClN4O2/c1-10-11(2)20-21(16(23)14(10)7-18)9-15(22)19-8-12-3-5-13(17)6-4-12/h3-6H,8-9H2,1-2H3,(H,19,22). The molecule has 0 spiro atoms. The number of aromatic nitrogens is 2. The highest BCUT2D eigenvalue weighted by molar-refractivity contribution is 6.30.